The molecule has 0 aromatic heterocycles. The highest BCUT2D eigenvalue weighted by Crippen LogP contribution is 2.27. The number of rotatable bonds is 6. The van der Waals surface area contributed by atoms with Crippen molar-refractivity contribution in [2.45, 2.75) is 18.6 Å². The molecule has 0 spiro atoms. The van der Waals surface area contributed by atoms with Gasteiger partial charge in [-0.05, 0) is 18.6 Å². The number of sulfonamides is 1. The van der Waals surface area contributed by atoms with E-state index in [1.165, 1.54) is 12.1 Å². The van der Waals surface area contributed by atoms with Crippen LogP contribution < -0.4 is 10.0 Å². The van der Waals surface area contributed by atoms with Crippen molar-refractivity contribution in [1.29, 1.82) is 5.26 Å². The lowest BCUT2D eigenvalue weighted by Crippen LogP contribution is -2.41. The maximum absolute atomic E-state index is 12.4. The molecule has 0 radical (unpaired) electrons. The monoisotopic (exact) mass is 297 g/mol. The van der Waals surface area contributed by atoms with E-state index in [0.717, 1.165) is 0 Å². The second-order valence-electron chi connectivity index (χ2n) is 4.03. The van der Waals surface area contributed by atoms with E-state index in [1.807, 2.05) is 0 Å². The van der Waals surface area contributed by atoms with Crippen LogP contribution in [0.2, 0.25) is 0 Å². The Hall–Kier alpha value is -2.27. The first-order valence-electron chi connectivity index (χ1n) is 5.82. The Labute approximate surface area is 117 Å². The predicted octanol–water partition coefficient (Wildman–Crippen LogP) is 0.792. The summed E-state index contributed by atoms with van der Waals surface area (Å²) in [6.07, 6.45) is 0.0572. The molecular weight excluding hydrogens is 282 g/mol. The van der Waals surface area contributed by atoms with E-state index in [2.05, 4.69) is 0 Å². The summed E-state index contributed by atoms with van der Waals surface area (Å²) in [5.41, 5.74) is 5.88. The fourth-order valence-electron chi connectivity index (χ4n) is 1.67. The Bertz CT molecular complexity index is 636. The van der Waals surface area contributed by atoms with Crippen molar-refractivity contribution in [3.05, 3.63) is 24.3 Å². The van der Waals surface area contributed by atoms with E-state index in [4.69, 9.17) is 16.1 Å². The van der Waals surface area contributed by atoms with E-state index in [9.17, 15) is 13.2 Å². The molecule has 20 heavy (non-hydrogen) atoms. The lowest BCUT2D eigenvalue weighted by atomic mass is 10.3. The van der Waals surface area contributed by atoms with Gasteiger partial charge < -0.3 is 10.8 Å². The Morgan fingerprint density at radius 2 is 2.10 bits per heavy atom. The van der Waals surface area contributed by atoms with Crippen LogP contribution in [0, 0.1) is 11.3 Å². The van der Waals surface area contributed by atoms with Crippen LogP contribution in [0.4, 0.5) is 11.4 Å². The van der Waals surface area contributed by atoms with Gasteiger partial charge in [-0.25, -0.2) is 8.42 Å². The Balaban J connectivity index is 3.38. The molecule has 0 bridgehead atoms. The lowest BCUT2D eigenvalue weighted by molar-refractivity contribution is -0.135. The van der Waals surface area contributed by atoms with Gasteiger partial charge in [-0.1, -0.05) is 19.1 Å². The molecule has 0 amide bonds. The number of carboxylic acid groups (broad SMARTS) is 1. The summed E-state index contributed by atoms with van der Waals surface area (Å²) in [5.74, 6) is -1.33. The third-order valence-electron chi connectivity index (χ3n) is 2.67. The lowest BCUT2D eigenvalue weighted by Gasteiger charge is -2.25. The van der Waals surface area contributed by atoms with Gasteiger partial charge >= 0.3 is 5.97 Å². The van der Waals surface area contributed by atoms with Crippen molar-refractivity contribution >= 4 is 27.4 Å². The smallest absolute Gasteiger partial charge is 0.324 e. The van der Waals surface area contributed by atoms with E-state index >= 15 is 0 Å². The summed E-state index contributed by atoms with van der Waals surface area (Å²) in [4.78, 5) is 10.9. The number of carbonyl (C=O) groups is 1. The van der Waals surface area contributed by atoms with E-state index in [-0.39, 0.29) is 17.8 Å². The number of aliphatic carboxylic acids is 1. The first-order valence-corrected chi connectivity index (χ1v) is 7.32. The van der Waals surface area contributed by atoms with Gasteiger partial charge in [0.1, 0.15) is 6.54 Å². The molecule has 108 valence electrons. The highest BCUT2D eigenvalue weighted by Gasteiger charge is 2.33. The summed E-state index contributed by atoms with van der Waals surface area (Å²) in [5, 5.41) is 16.5. The quantitative estimate of drug-likeness (QED) is 0.748. The highest BCUT2D eigenvalue weighted by atomic mass is 32.2. The Morgan fingerprint density at radius 3 is 2.55 bits per heavy atom. The largest absolute Gasteiger partial charge is 0.480 e. The molecule has 0 fully saturated rings. The molecule has 1 unspecified atom stereocenters. The predicted molar refractivity (Wildman–Crippen MR) is 74.4 cm³/mol. The summed E-state index contributed by atoms with van der Waals surface area (Å²) in [6.45, 7) is 0.757. The van der Waals surface area contributed by atoms with Crippen molar-refractivity contribution in [2.75, 3.05) is 16.6 Å². The van der Waals surface area contributed by atoms with Crippen LogP contribution in [0.3, 0.4) is 0 Å². The average molecular weight is 297 g/mol. The van der Waals surface area contributed by atoms with Crippen LogP contribution in [0.25, 0.3) is 0 Å². The van der Waals surface area contributed by atoms with E-state index in [1.54, 1.807) is 25.1 Å². The molecular formula is C12H15N3O4S. The maximum atomic E-state index is 12.4. The molecule has 3 N–H and O–H groups in total. The fourth-order valence-corrected chi connectivity index (χ4v) is 3.26. The Kier molecular flexibility index (Phi) is 4.94. The van der Waals surface area contributed by atoms with Gasteiger partial charge in [-0.2, -0.15) is 5.26 Å². The van der Waals surface area contributed by atoms with Gasteiger partial charge in [-0.3, -0.25) is 9.10 Å². The molecule has 0 aliphatic carbocycles. The van der Waals surface area contributed by atoms with Gasteiger partial charge in [0.05, 0.1) is 17.4 Å². The minimum Gasteiger partial charge on any atom is -0.480 e. The number of benzene rings is 1. The zero-order valence-corrected chi connectivity index (χ0v) is 11.7. The normalized spacial score (nSPS) is 12.4. The molecule has 0 saturated carbocycles. The number of hydrogen-bond acceptors (Lipinski definition) is 5. The molecule has 0 aliphatic rings. The van der Waals surface area contributed by atoms with Crippen LogP contribution in [0.15, 0.2) is 24.3 Å². The average Bonchev–Trinajstić information content (AvgIpc) is 2.37. The van der Waals surface area contributed by atoms with Gasteiger partial charge in [0.25, 0.3) is 10.0 Å². The number of anilines is 2. The molecule has 7 nitrogen and oxygen atoms in total. The highest BCUT2D eigenvalue weighted by molar-refractivity contribution is 7.93. The second-order valence-corrected chi connectivity index (χ2v) is 6.07. The van der Waals surface area contributed by atoms with Crippen molar-refractivity contribution in [1.82, 2.24) is 0 Å². The van der Waals surface area contributed by atoms with E-state index < -0.39 is 27.8 Å². The molecule has 0 saturated heterocycles. The van der Waals surface area contributed by atoms with Crippen molar-refractivity contribution in [3.63, 3.8) is 0 Å². The minimum atomic E-state index is -4.12. The number of nitriles is 1. The molecule has 1 aromatic carbocycles. The van der Waals surface area contributed by atoms with Gasteiger partial charge in [0.15, 0.2) is 5.25 Å². The summed E-state index contributed by atoms with van der Waals surface area (Å²) in [6, 6.07) is 7.69. The van der Waals surface area contributed by atoms with Gasteiger partial charge in [0.2, 0.25) is 0 Å². The summed E-state index contributed by atoms with van der Waals surface area (Å²) >= 11 is 0. The number of para-hydroxylation sites is 2. The van der Waals surface area contributed by atoms with Crippen LogP contribution in [0.1, 0.15) is 13.3 Å². The van der Waals surface area contributed by atoms with Crippen molar-refractivity contribution < 1.29 is 18.3 Å². The Morgan fingerprint density at radius 1 is 1.50 bits per heavy atom. The summed E-state index contributed by atoms with van der Waals surface area (Å²) in [7, 11) is -4.12. The fraction of sp³-hybridized carbons (Fsp3) is 0.333. The third-order valence-corrected chi connectivity index (χ3v) is 4.76. The summed E-state index contributed by atoms with van der Waals surface area (Å²) < 4.78 is 25.4. The number of nitrogens with zero attached hydrogens (tertiary/aromatic N) is 2. The van der Waals surface area contributed by atoms with Gasteiger partial charge in [-0.15, -0.1) is 0 Å². The molecule has 0 aliphatic heterocycles. The zero-order valence-electron chi connectivity index (χ0n) is 10.9. The van der Waals surface area contributed by atoms with Crippen LogP contribution >= 0.6 is 0 Å². The van der Waals surface area contributed by atoms with Crippen LogP contribution in [0.5, 0.6) is 0 Å². The van der Waals surface area contributed by atoms with Crippen LogP contribution in [-0.4, -0.2) is 31.3 Å². The molecule has 1 rings (SSSR count). The minimum absolute atomic E-state index is 0.0572. The number of nitrogen functional groups attached to an aromatic ring is 1. The SMILES string of the molecule is CCC(C#N)S(=O)(=O)N(CC(=O)O)c1ccccc1N. The number of nitrogens with two attached hydrogens (primary N) is 1. The van der Waals surface area contributed by atoms with Crippen molar-refractivity contribution in [3.8, 4) is 6.07 Å². The number of carboxylic acids is 1. The van der Waals surface area contributed by atoms with E-state index in [0.29, 0.717) is 4.31 Å². The number of hydrogen-bond donors (Lipinski definition) is 2. The van der Waals surface area contributed by atoms with Gasteiger partial charge in [0, 0.05) is 0 Å². The zero-order chi connectivity index (χ0) is 15.3. The topological polar surface area (TPSA) is 124 Å². The second kappa shape index (κ2) is 6.25. The van der Waals surface area contributed by atoms with Crippen molar-refractivity contribution in [2.24, 2.45) is 0 Å². The molecule has 0 heterocycles. The first-order chi connectivity index (χ1) is 9.34. The molecule has 1 atom stereocenters. The maximum Gasteiger partial charge on any atom is 0.324 e. The molecule has 1 aromatic rings. The van der Waals surface area contributed by atoms with Crippen LogP contribution in [-0.2, 0) is 14.8 Å². The third kappa shape index (κ3) is 3.19. The standard InChI is InChI=1S/C12H15N3O4S/c1-2-9(7-13)20(18,19)15(8-12(16)17)11-6-4-3-5-10(11)14/h3-6,9H,2,8,14H2,1H3,(H,16,17). The molecule has 8 heteroatoms. The first kappa shape index (κ1) is 15.8.